The number of nitrogens with zero attached hydrogens (tertiary/aromatic N) is 4. The van der Waals surface area contributed by atoms with E-state index in [1.807, 2.05) is 12.3 Å². The minimum absolute atomic E-state index is 0.00951. The summed E-state index contributed by atoms with van der Waals surface area (Å²) in [6.45, 7) is 4.21. The number of likely N-dealkylation sites (N-methyl/N-ethyl adjacent to an activating group) is 1. The first-order valence-electron chi connectivity index (χ1n) is 8.04. The Balaban J connectivity index is 1.61. The standard InChI is InChI=1S/C16H22N4OS2/c1-10-4-6-12(7-5-10)15-17-13(9-22-15)8-14(21)20(3)16-19-18-11(2)23-16/h9-10,12H,4-8H2,1-3H3. The van der Waals surface area contributed by atoms with Crippen molar-refractivity contribution < 1.29 is 4.79 Å². The summed E-state index contributed by atoms with van der Waals surface area (Å²) in [6, 6.07) is 0. The van der Waals surface area contributed by atoms with Gasteiger partial charge in [0.15, 0.2) is 0 Å². The summed E-state index contributed by atoms with van der Waals surface area (Å²) >= 11 is 3.13. The summed E-state index contributed by atoms with van der Waals surface area (Å²) in [7, 11) is 1.75. The van der Waals surface area contributed by atoms with Crippen LogP contribution < -0.4 is 4.90 Å². The topological polar surface area (TPSA) is 59.0 Å². The number of thiazole rings is 1. The second-order valence-corrected chi connectivity index (χ2v) is 8.42. The molecule has 124 valence electrons. The third-order valence-corrected chi connectivity index (χ3v) is 6.41. The molecule has 1 aliphatic carbocycles. The van der Waals surface area contributed by atoms with Crippen LogP contribution in [0.25, 0.3) is 0 Å². The lowest BCUT2D eigenvalue weighted by atomic mass is 9.83. The molecule has 0 spiro atoms. The monoisotopic (exact) mass is 350 g/mol. The molecule has 2 heterocycles. The highest BCUT2D eigenvalue weighted by Gasteiger charge is 2.23. The summed E-state index contributed by atoms with van der Waals surface area (Å²) in [5.74, 6) is 1.44. The SMILES string of the molecule is Cc1nnc(N(C)C(=O)Cc2csc(C3CCC(C)CC3)n2)s1. The molecule has 1 saturated carbocycles. The molecule has 7 heteroatoms. The van der Waals surface area contributed by atoms with Gasteiger partial charge in [-0.15, -0.1) is 21.5 Å². The van der Waals surface area contributed by atoms with E-state index in [4.69, 9.17) is 4.98 Å². The summed E-state index contributed by atoms with van der Waals surface area (Å²) in [5, 5.41) is 12.7. The van der Waals surface area contributed by atoms with E-state index in [2.05, 4.69) is 17.1 Å². The largest absolute Gasteiger partial charge is 0.289 e. The minimum atomic E-state index is 0.00951. The van der Waals surface area contributed by atoms with Crippen molar-refractivity contribution in [2.75, 3.05) is 11.9 Å². The van der Waals surface area contributed by atoms with E-state index < -0.39 is 0 Å². The average molecular weight is 351 g/mol. The Kier molecular flexibility index (Phi) is 5.06. The third kappa shape index (κ3) is 3.95. The molecule has 0 aliphatic heterocycles. The predicted octanol–water partition coefficient (Wildman–Crippen LogP) is 3.80. The highest BCUT2D eigenvalue weighted by atomic mass is 32.1. The van der Waals surface area contributed by atoms with Gasteiger partial charge < -0.3 is 0 Å². The van der Waals surface area contributed by atoms with Crippen molar-refractivity contribution in [2.45, 2.75) is 51.9 Å². The van der Waals surface area contributed by atoms with E-state index in [-0.39, 0.29) is 5.91 Å². The van der Waals surface area contributed by atoms with Crippen LogP contribution in [-0.4, -0.2) is 28.1 Å². The number of aromatic nitrogens is 3. The van der Waals surface area contributed by atoms with Crippen LogP contribution in [0.5, 0.6) is 0 Å². The average Bonchev–Trinajstić information content (AvgIpc) is 3.16. The van der Waals surface area contributed by atoms with Crippen LogP contribution in [0.3, 0.4) is 0 Å². The van der Waals surface area contributed by atoms with Crippen LogP contribution in [0, 0.1) is 12.8 Å². The third-order valence-electron chi connectivity index (χ3n) is 4.44. The van der Waals surface area contributed by atoms with Crippen molar-refractivity contribution in [1.29, 1.82) is 0 Å². The zero-order valence-corrected chi connectivity index (χ0v) is 15.4. The number of hydrogen-bond acceptors (Lipinski definition) is 6. The zero-order chi connectivity index (χ0) is 16.4. The molecule has 5 nitrogen and oxygen atoms in total. The van der Waals surface area contributed by atoms with Gasteiger partial charge in [-0.1, -0.05) is 31.1 Å². The zero-order valence-electron chi connectivity index (χ0n) is 13.8. The fourth-order valence-corrected chi connectivity index (χ4v) is 4.56. The molecule has 23 heavy (non-hydrogen) atoms. The van der Waals surface area contributed by atoms with E-state index in [9.17, 15) is 4.79 Å². The van der Waals surface area contributed by atoms with Crippen molar-refractivity contribution in [3.63, 3.8) is 0 Å². The molecule has 0 radical (unpaired) electrons. The molecule has 0 aromatic carbocycles. The second kappa shape index (κ2) is 7.05. The molecule has 0 N–H and O–H groups in total. The number of anilines is 1. The van der Waals surface area contributed by atoms with Crippen molar-refractivity contribution in [3.8, 4) is 0 Å². The highest BCUT2D eigenvalue weighted by molar-refractivity contribution is 7.15. The van der Waals surface area contributed by atoms with Gasteiger partial charge >= 0.3 is 0 Å². The molecule has 0 atom stereocenters. The van der Waals surface area contributed by atoms with Gasteiger partial charge in [0.2, 0.25) is 11.0 Å². The molecule has 0 saturated heterocycles. The van der Waals surface area contributed by atoms with Crippen molar-refractivity contribution in [3.05, 3.63) is 21.1 Å². The number of hydrogen-bond donors (Lipinski definition) is 0. The molecule has 1 amide bonds. The van der Waals surface area contributed by atoms with E-state index >= 15 is 0 Å². The molecule has 3 rings (SSSR count). The predicted molar refractivity (Wildman–Crippen MR) is 94.2 cm³/mol. The Labute approximate surface area is 144 Å². The Hall–Kier alpha value is -1.34. The van der Waals surface area contributed by atoms with E-state index in [0.717, 1.165) is 16.6 Å². The first kappa shape index (κ1) is 16.5. The molecule has 2 aromatic rings. The number of aryl methyl sites for hydroxylation is 1. The second-order valence-electron chi connectivity index (χ2n) is 6.37. The Morgan fingerprint density at radius 2 is 2.04 bits per heavy atom. The normalized spacial score (nSPS) is 21.3. The first-order chi connectivity index (χ1) is 11.0. The van der Waals surface area contributed by atoms with Crippen LogP contribution in [0.4, 0.5) is 5.13 Å². The van der Waals surface area contributed by atoms with Crippen LogP contribution >= 0.6 is 22.7 Å². The highest BCUT2D eigenvalue weighted by Crippen LogP contribution is 2.36. The molecule has 0 bridgehead atoms. The van der Waals surface area contributed by atoms with E-state index in [1.54, 1.807) is 23.3 Å². The number of amides is 1. The summed E-state index contributed by atoms with van der Waals surface area (Å²) < 4.78 is 0. The molecular formula is C16H22N4OS2. The lowest BCUT2D eigenvalue weighted by Gasteiger charge is -2.24. The van der Waals surface area contributed by atoms with E-state index in [1.165, 1.54) is 42.0 Å². The maximum absolute atomic E-state index is 12.4. The molecular weight excluding hydrogens is 328 g/mol. The number of carbonyl (C=O) groups is 1. The van der Waals surface area contributed by atoms with E-state index in [0.29, 0.717) is 17.5 Å². The Morgan fingerprint density at radius 3 is 2.70 bits per heavy atom. The lowest BCUT2D eigenvalue weighted by molar-refractivity contribution is -0.117. The van der Waals surface area contributed by atoms with Gasteiger partial charge in [-0.25, -0.2) is 4.98 Å². The summed E-state index contributed by atoms with van der Waals surface area (Å²) in [4.78, 5) is 18.7. The number of carbonyl (C=O) groups excluding carboxylic acids is 1. The Morgan fingerprint density at radius 1 is 1.30 bits per heavy atom. The maximum Gasteiger partial charge on any atom is 0.234 e. The lowest BCUT2D eigenvalue weighted by Crippen LogP contribution is -2.27. The van der Waals surface area contributed by atoms with Crippen LogP contribution in [0.2, 0.25) is 0 Å². The van der Waals surface area contributed by atoms with Gasteiger partial charge in [0.05, 0.1) is 17.1 Å². The fourth-order valence-electron chi connectivity index (χ4n) is 2.90. The smallest absolute Gasteiger partial charge is 0.234 e. The quantitative estimate of drug-likeness (QED) is 0.841. The molecule has 1 aliphatic rings. The van der Waals surface area contributed by atoms with Crippen LogP contribution in [0.1, 0.15) is 54.2 Å². The maximum atomic E-state index is 12.4. The van der Waals surface area contributed by atoms with Gasteiger partial charge in [-0.3, -0.25) is 9.69 Å². The minimum Gasteiger partial charge on any atom is -0.289 e. The fraction of sp³-hybridized carbons (Fsp3) is 0.625. The van der Waals surface area contributed by atoms with Gasteiger partial charge in [0.1, 0.15) is 5.01 Å². The van der Waals surface area contributed by atoms with Crippen molar-refractivity contribution in [2.24, 2.45) is 5.92 Å². The van der Waals surface area contributed by atoms with Gasteiger partial charge in [0.25, 0.3) is 0 Å². The molecule has 0 unspecified atom stereocenters. The molecule has 1 fully saturated rings. The number of rotatable bonds is 4. The summed E-state index contributed by atoms with van der Waals surface area (Å²) in [5.41, 5.74) is 0.877. The van der Waals surface area contributed by atoms with Crippen molar-refractivity contribution in [1.82, 2.24) is 15.2 Å². The molecule has 2 aromatic heterocycles. The van der Waals surface area contributed by atoms with Crippen molar-refractivity contribution >= 4 is 33.7 Å². The van der Waals surface area contributed by atoms with Gasteiger partial charge in [-0.05, 0) is 25.7 Å². The van der Waals surface area contributed by atoms with Crippen LogP contribution in [-0.2, 0) is 11.2 Å². The Bertz CT molecular complexity index is 673. The first-order valence-corrected chi connectivity index (χ1v) is 9.73. The van der Waals surface area contributed by atoms with Gasteiger partial charge in [-0.2, -0.15) is 0 Å². The van der Waals surface area contributed by atoms with Gasteiger partial charge in [0, 0.05) is 18.3 Å². The summed E-state index contributed by atoms with van der Waals surface area (Å²) in [6.07, 6.45) is 5.36. The van der Waals surface area contributed by atoms with Crippen LogP contribution in [0.15, 0.2) is 5.38 Å².